The lowest BCUT2D eigenvalue weighted by molar-refractivity contribution is -0.0619. The molecule has 1 saturated heterocycles. The van der Waals surface area contributed by atoms with Gasteiger partial charge in [-0.2, -0.15) is 5.26 Å². The maximum atomic E-state index is 10.9. The second-order valence-electron chi connectivity index (χ2n) is 12.7. The zero-order chi connectivity index (χ0) is 29.8. The summed E-state index contributed by atoms with van der Waals surface area (Å²) in [6.45, 7) is 8.70. The van der Waals surface area contributed by atoms with E-state index >= 15 is 0 Å². The van der Waals surface area contributed by atoms with E-state index in [1.165, 1.54) is 12.7 Å². The van der Waals surface area contributed by atoms with E-state index in [1.54, 1.807) is 4.57 Å². The lowest BCUT2D eigenvalue weighted by Gasteiger charge is -2.46. The highest BCUT2D eigenvalue weighted by Crippen LogP contribution is 2.39. The Balaban J connectivity index is 1.03. The number of imidazole rings is 1. The third-order valence-corrected chi connectivity index (χ3v) is 9.20. The lowest BCUT2D eigenvalue weighted by Crippen LogP contribution is -2.52. The number of nitrogens with zero attached hydrogens (tertiary/aromatic N) is 8. The summed E-state index contributed by atoms with van der Waals surface area (Å²) < 4.78 is 7.84. The summed E-state index contributed by atoms with van der Waals surface area (Å²) in [5.41, 5.74) is 9.27. The number of nitrogens with two attached hydrogens (primary N) is 1. The van der Waals surface area contributed by atoms with Crippen molar-refractivity contribution in [3.8, 4) is 6.07 Å². The van der Waals surface area contributed by atoms with E-state index < -0.39 is 30.0 Å². The van der Waals surface area contributed by atoms with E-state index in [-0.39, 0.29) is 11.9 Å². The first kappa shape index (κ1) is 28.6. The minimum Gasteiger partial charge on any atom is -0.387 e. The van der Waals surface area contributed by atoms with Crippen LogP contribution in [0.5, 0.6) is 0 Å². The number of amidine groups is 1. The molecule has 2 aliphatic heterocycles. The summed E-state index contributed by atoms with van der Waals surface area (Å²) in [6, 6.07) is 3.02. The Bertz CT molecular complexity index is 1530. The van der Waals surface area contributed by atoms with Crippen LogP contribution < -0.4 is 5.73 Å². The van der Waals surface area contributed by atoms with Gasteiger partial charge in [0.1, 0.15) is 36.0 Å². The maximum Gasteiger partial charge on any atom is 0.167 e. The summed E-state index contributed by atoms with van der Waals surface area (Å²) in [7, 11) is 0. The summed E-state index contributed by atoms with van der Waals surface area (Å²) in [5, 5.41) is 31.3. The van der Waals surface area contributed by atoms with Crippen LogP contribution in [0, 0.1) is 22.7 Å². The Labute approximate surface area is 245 Å². The first-order chi connectivity index (χ1) is 20.1. The largest absolute Gasteiger partial charge is 0.387 e. The Morgan fingerprint density at radius 3 is 2.69 bits per heavy atom. The second kappa shape index (κ2) is 11.0. The van der Waals surface area contributed by atoms with Crippen molar-refractivity contribution >= 4 is 28.5 Å². The predicted molar refractivity (Wildman–Crippen MR) is 158 cm³/mol. The zero-order valence-corrected chi connectivity index (χ0v) is 24.6. The molecule has 12 heteroatoms. The second-order valence-corrected chi connectivity index (χ2v) is 12.7. The molecular weight excluding hydrogens is 534 g/mol. The molecule has 2 aliphatic carbocycles. The molecule has 42 heavy (non-hydrogen) atoms. The molecule has 2 aromatic heterocycles. The molecule has 0 radical (unpaired) electrons. The molecule has 0 unspecified atom stereocenters. The molecule has 6 rings (SSSR count). The SMILES string of the molecule is CC(C)N(C[C@H]1O[C@@H](n2cnc3c(N)ncnc32)[C@H](O)[C@@H]1O)C1CC(CCC2=NC3=CC=C(C(C)(C)C#N)CC3=N2)C1. The molecule has 4 N–H and O–H groups in total. The van der Waals surface area contributed by atoms with Crippen molar-refractivity contribution in [2.24, 2.45) is 21.3 Å². The number of fused-ring (bicyclic) bond motifs is 2. The number of aliphatic hydroxyl groups is 2. The van der Waals surface area contributed by atoms with Gasteiger partial charge < -0.3 is 20.7 Å². The van der Waals surface area contributed by atoms with Crippen molar-refractivity contribution in [1.82, 2.24) is 24.4 Å². The van der Waals surface area contributed by atoms with Crippen molar-refractivity contribution < 1.29 is 14.9 Å². The number of ether oxygens (including phenoxy) is 1. The van der Waals surface area contributed by atoms with Crippen LogP contribution in [-0.2, 0) is 4.74 Å². The molecule has 0 aromatic carbocycles. The van der Waals surface area contributed by atoms with Crippen molar-refractivity contribution in [2.45, 2.75) is 96.4 Å². The van der Waals surface area contributed by atoms with Gasteiger partial charge in [0.25, 0.3) is 0 Å². The molecule has 12 nitrogen and oxygen atoms in total. The van der Waals surface area contributed by atoms with Crippen LogP contribution >= 0.6 is 0 Å². The van der Waals surface area contributed by atoms with Crippen molar-refractivity contribution in [3.05, 3.63) is 36.1 Å². The van der Waals surface area contributed by atoms with E-state index in [9.17, 15) is 15.5 Å². The van der Waals surface area contributed by atoms with E-state index in [2.05, 4.69) is 39.8 Å². The number of nitriles is 1. The normalized spacial score (nSPS) is 29.2. The van der Waals surface area contributed by atoms with Gasteiger partial charge in [-0.15, -0.1) is 0 Å². The van der Waals surface area contributed by atoms with Gasteiger partial charge >= 0.3 is 0 Å². The minimum atomic E-state index is -1.13. The highest BCUT2D eigenvalue weighted by molar-refractivity contribution is 6.14. The Hall–Kier alpha value is -3.50. The Morgan fingerprint density at radius 2 is 1.95 bits per heavy atom. The number of nitrogen functional groups attached to an aromatic ring is 1. The molecule has 1 saturated carbocycles. The number of anilines is 1. The van der Waals surface area contributed by atoms with Crippen LogP contribution in [0.1, 0.15) is 66.0 Å². The molecule has 4 heterocycles. The van der Waals surface area contributed by atoms with Crippen molar-refractivity contribution in [1.29, 1.82) is 5.26 Å². The molecule has 0 bridgehead atoms. The number of allylic oxidation sites excluding steroid dienone is 4. The molecule has 4 aliphatic rings. The Kier molecular flexibility index (Phi) is 7.47. The molecule has 222 valence electrons. The average molecular weight is 574 g/mol. The Morgan fingerprint density at radius 1 is 1.17 bits per heavy atom. The van der Waals surface area contributed by atoms with Crippen LogP contribution in [0.3, 0.4) is 0 Å². The van der Waals surface area contributed by atoms with Gasteiger partial charge in [-0.1, -0.05) is 6.08 Å². The third-order valence-electron chi connectivity index (χ3n) is 9.20. The van der Waals surface area contributed by atoms with E-state index in [0.29, 0.717) is 36.1 Å². The van der Waals surface area contributed by atoms with Crippen LogP contribution in [0.15, 0.2) is 46.1 Å². The standard InChI is InChI=1S/C30H39N9O3/c1-16(2)38(12-22-25(40)26(41)29(42-22)39-15-35-24-27(32)33-14-34-28(24)39)19-9-17(10-19)5-8-23-36-20-7-6-18(11-21(20)37-23)30(3,4)13-31/h6-7,14-17,19,22,25-26,29,40-41H,5,8-12H2,1-4H3,(H2,32,33,34)/t17?,19?,22-,25-,26-,29-/m1/s1. The van der Waals surface area contributed by atoms with Gasteiger partial charge in [-0.25, -0.2) is 24.9 Å². The maximum absolute atomic E-state index is 10.9. The quantitative estimate of drug-likeness (QED) is 0.408. The van der Waals surface area contributed by atoms with Gasteiger partial charge in [0.15, 0.2) is 17.7 Å². The van der Waals surface area contributed by atoms with Gasteiger partial charge in [0, 0.05) is 31.5 Å². The fourth-order valence-corrected chi connectivity index (χ4v) is 6.43. The smallest absolute Gasteiger partial charge is 0.167 e. The van der Waals surface area contributed by atoms with Crippen LogP contribution in [-0.4, -0.2) is 83.1 Å². The summed E-state index contributed by atoms with van der Waals surface area (Å²) >= 11 is 0. The molecule has 0 spiro atoms. The van der Waals surface area contributed by atoms with Crippen LogP contribution in [0.4, 0.5) is 5.82 Å². The number of rotatable bonds is 9. The van der Waals surface area contributed by atoms with Gasteiger partial charge in [0.05, 0.1) is 29.2 Å². The van der Waals surface area contributed by atoms with E-state index in [1.807, 2.05) is 26.0 Å². The molecular formula is C30H39N9O3. The molecule has 0 amide bonds. The van der Waals surface area contributed by atoms with Gasteiger partial charge in [-0.3, -0.25) is 9.47 Å². The fraction of sp³-hybridized carbons (Fsp3) is 0.600. The fourth-order valence-electron chi connectivity index (χ4n) is 6.43. The third kappa shape index (κ3) is 5.15. The number of aliphatic hydroxyl groups excluding tert-OH is 2. The first-order valence-electron chi connectivity index (χ1n) is 14.7. The van der Waals surface area contributed by atoms with E-state index in [0.717, 1.165) is 48.5 Å². The number of aliphatic imine (C=N–C) groups is 2. The topological polar surface area (TPSA) is 171 Å². The van der Waals surface area contributed by atoms with Crippen molar-refractivity contribution in [3.63, 3.8) is 0 Å². The van der Waals surface area contributed by atoms with Crippen LogP contribution in [0.25, 0.3) is 11.2 Å². The number of hydrogen-bond donors (Lipinski definition) is 3. The minimum absolute atomic E-state index is 0.252. The highest BCUT2D eigenvalue weighted by Gasteiger charge is 2.46. The number of hydrogen-bond acceptors (Lipinski definition) is 11. The summed E-state index contributed by atoms with van der Waals surface area (Å²) in [5.74, 6) is 1.71. The molecule has 2 aromatic rings. The zero-order valence-electron chi connectivity index (χ0n) is 24.6. The summed E-state index contributed by atoms with van der Waals surface area (Å²) in [6.07, 6.45) is 7.98. The van der Waals surface area contributed by atoms with Gasteiger partial charge in [-0.05, 0) is 64.5 Å². The predicted octanol–water partition coefficient (Wildman–Crippen LogP) is 2.91. The average Bonchev–Trinajstić information content (AvgIpc) is 3.63. The molecule has 4 atom stereocenters. The monoisotopic (exact) mass is 573 g/mol. The van der Waals surface area contributed by atoms with E-state index in [4.69, 9.17) is 20.5 Å². The summed E-state index contributed by atoms with van der Waals surface area (Å²) in [4.78, 5) is 24.4. The van der Waals surface area contributed by atoms with Crippen molar-refractivity contribution in [2.75, 3.05) is 12.3 Å². The molecule has 2 fully saturated rings. The first-order valence-corrected chi connectivity index (χ1v) is 14.7. The van der Waals surface area contributed by atoms with Crippen LogP contribution in [0.2, 0.25) is 0 Å². The van der Waals surface area contributed by atoms with Gasteiger partial charge in [0.2, 0.25) is 0 Å². The highest BCUT2D eigenvalue weighted by atomic mass is 16.6. The number of aromatic nitrogens is 4. The lowest BCUT2D eigenvalue weighted by atomic mass is 9.76.